The van der Waals surface area contributed by atoms with Gasteiger partial charge in [0.15, 0.2) is 6.61 Å². The molecule has 5 nitrogen and oxygen atoms in total. The topological polar surface area (TPSA) is 74.5 Å². The summed E-state index contributed by atoms with van der Waals surface area (Å²) in [5.41, 5.74) is 6.93. The van der Waals surface area contributed by atoms with Crippen LogP contribution in [0.1, 0.15) is 18.1 Å². The van der Waals surface area contributed by atoms with Gasteiger partial charge in [0.1, 0.15) is 5.75 Å². The minimum atomic E-state index is -0.357. The van der Waals surface area contributed by atoms with Crippen LogP contribution in [0, 0.1) is 11.3 Å². The number of amides is 1. The molecule has 138 valence electrons. The van der Waals surface area contributed by atoms with E-state index < -0.39 is 0 Å². The van der Waals surface area contributed by atoms with Gasteiger partial charge in [-0.3, -0.25) is 4.79 Å². The highest BCUT2D eigenvalue weighted by Crippen LogP contribution is 2.19. The van der Waals surface area contributed by atoms with E-state index in [4.69, 9.17) is 10.00 Å². The quantitative estimate of drug-likeness (QED) is 0.524. The molecule has 1 amide bonds. The Labute approximate surface area is 163 Å². The number of carbonyl (C=O) groups excluding carboxylic acids is 1. The summed E-state index contributed by atoms with van der Waals surface area (Å²) in [6.45, 7) is 1.68. The molecule has 5 heteroatoms. The third-order valence-corrected chi connectivity index (χ3v) is 4.11. The van der Waals surface area contributed by atoms with Crippen molar-refractivity contribution in [2.45, 2.75) is 6.92 Å². The zero-order valence-corrected chi connectivity index (χ0v) is 15.4. The molecule has 0 aliphatic heterocycles. The lowest BCUT2D eigenvalue weighted by Gasteiger charge is -2.07. The number of hydrazone groups is 1. The average molecular weight is 369 g/mol. The van der Waals surface area contributed by atoms with Gasteiger partial charge in [-0.05, 0) is 47.9 Å². The van der Waals surface area contributed by atoms with E-state index in [1.165, 1.54) is 0 Å². The second kappa shape index (κ2) is 9.15. The molecule has 0 radical (unpaired) electrons. The van der Waals surface area contributed by atoms with Crippen molar-refractivity contribution in [2.75, 3.05) is 6.61 Å². The van der Waals surface area contributed by atoms with Crippen molar-refractivity contribution in [3.63, 3.8) is 0 Å². The molecule has 3 aromatic rings. The van der Waals surface area contributed by atoms with E-state index in [-0.39, 0.29) is 12.5 Å². The van der Waals surface area contributed by atoms with Crippen LogP contribution in [0.4, 0.5) is 0 Å². The SMILES string of the molecule is C/C(=N/NC(=O)COc1ccc(C#N)cc1)c1ccc(-c2ccccc2)cc1. The summed E-state index contributed by atoms with van der Waals surface area (Å²) in [6.07, 6.45) is 0. The van der Waals surface area contributed by atoms with E-state index in [9.17, 15) is 4.79 Å². The first kappa shape index (κ1) is 18.9. The van der Waals surface area contributed by atoms with E-state index >= 15 is 0 Å². The molecule has 0 saturated carbocycles. The van der Waals surface area contributed by atoms with Crippen LogP contribution in [-0.2, 0) is 4.79 Å². The molecule has 28 heavy (non-hydrogen) atoms. The number of rotatable bonds is 6. The Balaban J connectivity index is 1.54. The number of hydrogen-bond donors (Lipinski definition) is 1. The molecule has 0 atom stereocenters. The first-order valence-electron chi connectivity index (χ1n) is 8.77. The summed E-state index contributed by atoms with van der Waals surface area (Å²) >= 11 is 0. The Kier molecular flexibility index (Phi) is 6.17. The van der Waals surface area contributed by atoms with Gasteiger partial charge >= 0.3 is 0 Å². The van der Waals surface area contributed by atoms with E-state index in [0.717, 1.165) is 16.7 Å². The van der Waals surface area contributed by atoms with E-state index in [0.29, 0.717) is 17.0 Å². The third kappa shape index (κ3) is 5.05. The Morgan fingerprint density at radius 2 is 1.61 bits per heavy atom. The van der Waals surface area contributed by atoms with Crippen LogP contribution in [0.2, 0.25) is 0 Å². The highest BCUT2D eigenvalue weighted by molar-refractivity contribution is 5.99. The summed E-state index contributed by atoms with van der Waals surface area (Å²) in [5.74, 6) is 0.163. The van der Waals surface area contributed by atoms with Crippen LogP contribution in [0.15, 0.2) is 84.0 Å². The molecule has 0 fully saturated rings. The lowest BCUT2D eigenvalue weighted by molar-refractivity contribution is -0.123. The zero-order valence-electron chi connectivity index (χ0n) is 15.4. The molecule has 0 heterocycles. The number of benzene rings is 3. The fourth-order valence-electron chi connectivity index (χ4n) is 2.55. The van der Waals surface area contributed by atoms with Gasteiger partial charge in [0.2, 0.25) is 0 Å². The summed E-state index contributed by atoms with van der Waals surface area (Å²) < 4.78 is 5.38. The molecular weight excluding hydrogens is 350 g/mol. The molecule has 0 aliphatic rings. The molecule has 0 aromatic heterocycles. The van der Waals surface area contributed by atoms with Crippen LogP contribution in [-0.4, -0.2) is 18.2 Å². The third-order valence-electron chi connectivity index (χ3n) is 4.11. The van der Waals surface area contributed by atoms with Crippen molar-refractivity contribution in [3.8, 4) is 22.9 Å². The van der Waals surface area contributed by atoms with Gasteiger partial charge in [0.05, 0.1) is 17.3 Å². The zero-order chi connectivity index (χ0) is 19.8. The lowest BCUT2D eigenvalue weighted by atomic mass is 10.0. The standard InChI is InChI=1S/C23H19N3O2/c1-17(19-9-11-21(12-10-19)20-5-3-2-4-6-20)25-26-23(27)16-28-22-13-7-18(15-24)8-14-22/h2-14H,16H2,1H3,(H,26,27)/b25-17-. The Hall–Kier alpha value is -3.91. The van der Waals surface area contributed by atoms with Crippen molar-refractivity contribution in [3.05, 3.63) is 90.0 Å². The molecule has 1 N–H and O–H groups in total. The van der Waals surface area contributed by atoms with Gasteiger partial charge in [-0.2, -0.15) is 10.4 Å². The number of nitrogens with zero attached hydrogens (tertiary/aromatic N) is 2. The van der Waals surface area contributed by atoms with Crippen LogP contribution in [0.5, 0.6) is 5.75 Å². The number of nitrogens with one attached hydrogen (secondary N) is 1. The highest BCUT2D eigenvalue weighted by atomic mass is 16.5. The maximum atomic E-state index is 11.9. The van der Waals surface area contributed by atoms with Crippen molar-refractivity contribution >= 4 is 11.6 Å². The monoisotopic (exact) mass is 369 g/mol. The van der Waals surface area contributed by atoms with E-state index in [2.05, 4.69) is 22.7 Å². The largest absolute Gasteiger partial charge is 0.484 e. The van der Waals surface area contributed by atoms with Crippen molar-refractivity contribution < 1.29 is 9.53 Å². The van der Waals surface area contributed by atoms with Gasteiger partial charge in [0.25, 0.3) is 5.91 Å². The molecular formula is C23H19N3O2. The van der Waals surface area contributed by atoms with Gasteiger partial charge in [-0.1, -0.05) is 54.6 Å². The Bertz CT molecular complexity index is 1000. The fraction of sp³-hybridized carbons (Fsp3) is 0.0870. The molecule has 0 aliphatic carbocycles. The predicted molar refractivity (Wildman–Crippen MR) is 109 cm³/mol. The maximum Gasteiger partial charge on any atom is 0.277 e. The molecule has 0 saturated heterocycles. The van der Waals surface area contributed by atoms with Crippen molar-refractivity contribution in [1.82, 2.24) is 5.43 Å². The summed E-state index contributed by atoms with van der Waals surface area (Å²) in [4.78, 5) is 11.9. The molecule has 3 rings (SSSR count). The van der Waals surface area contributed by atoms with Gasteiger partial charge in [-0.15, -0.1) is 0 Å². The first-order chi connectivity index (χ1) is 13.7. The lowest BCUT2D eigenvalue weighted by Crippen LogP contribution is -2.25. The summed E-state index contributed by atoms with van der Waals surface area (Å²) in [7, 11) is 0. The predicted octanol–water partition coefficient (Wildman–Crippen LogP) is 4.14. The van der Waals surface area contributed by atoms with Crippen molar-refractivity contribution in [1.29, 1.82) is 5.26 Å². The minimum absolute atomic E-state index is 0.157. The minimum Gasteiger partial charge on any atom is -0.484 e. The average Bonchev–Trinajstić information content (AvgIpc) is 2.77. The van der Waals surface area contributed by atoms with Crippen LogP contribution in [0.3, 0.4) is 0 Å². The van der Waals surface area contributed by atoms with Crippen LogP contribution < -0.4 is 10.2 Å². The summed E-state index contributed by atoms with van der Waals surface area (Å²) in [6, 6.07) is 26.7. The normalized spacial score (nSPS) is 10.8. The maximum absolute atomic E-state index is 11.9. The first-order valence-corrected chi connectivity index (χ1v) is 8.77. The van der Waals surface area contributed by atoms with E-state index in [1.54, 1.807) is 24.3 Å². The second-order valence-corrected chi connectivity index (χ2v) is 6.10. The van der Waals surface area contributed by atoms with Crippen LogP contribution in [0.25, 0.3) is 11.1 Å². The van der Waals surface area contributed by atoms with E-state index in [1.807, 2.05) is 55.5 Å². The molecule has 0 spiro atoms. The Morgan fingerprint density at radius 3 is 2.25 bits per heavy atom. The molecule has 0 unspecified atom stereocenters. The van der Waals surface area contributed by atoms with Crippen molar-refractivity contribution in [2.24, 2.45) is 5.10 Å². The van der Waals surface area contributed by atoms with Gasteiger partial charge in [-0.25, -0.2) is 5.43 Å². The summed E-state index contributed by atoms with van der Waals surface area (Å²) in [5, 5.41) is 12.9. The smallest absolute Gasteiger partial charge is 0.277 e. The van der Waals surface area contributed by atoms with Gasteiger partial charge < -0.3 is 4.74 Å². The molecule has 3 aromatic carbocycles. The fourth-order valence-corrected chi connectivity index (χ4v) is 2.55. The van der Waals surface area contributed by atoms with Gasteiger partial charge in [0, 0.05) is 0 Å². The number of carbonyl (C=O) groups is 1. The van der Waals surface area contributed by atoms with Crippen LogP contribution >= 0.6 is 0 Å². The number of nitriles is 1. The Morgan fingerprint density at radius 1 is 0.964 bits per heavy atom. The number of hydrogen-bond acceptors (Lipinski definition) is 4. The molecule has 0 bridgehead atoms. The number of ether oxygens (including phenoxy) is 1. The highest BCUT2D eigenvalue weighted by Gasteiger charge is 2.04. The second-order valence-electron chi connectivity index (χ2n) is 6.10.